The van der Waals surface area contributed by atoms with Gasteiger partial charge in [0.1, 0.15) is 0 Å². The predicted molar refractivity (Wildman–Crippen MR) is 238 cm³/mol. The molecule has 0 saturated heterocycles. The zero-order chi connectivity index (χ0) is 35.3. The van der Waals surface area contributed by atoms with Crippen molar-refractivity contribution in [1.29, 1.82) is 0 Å². The maximum atomic E-state index is 2.42. The monoisotopic (exact) mass is 718 g/mol. The first-order chi connectivity index (χ1) is 26.7. The van der Waals surface area contributed by atoms with Crippen molar-refractivity contribution in [2.45, 2.75) is 0 Å². The van der Waals surface area contributed by atoms with E-state index in [0.717, 1.165) is 0 Å². The number of thiophene rings is 2. The molecule has 0 aliphatic heterocycles. The van der Waals surface area contributed by atoms with Crippen LogP contribution in [0, 0.1) is 0 Å². The van der Waals surface area contributed by atoms with Crippen LogP contribution in [-0.2, 0) is 0 Å². The number of hydrogen-bond donors (Lipinski definition) is 0. The van der Waals surface area contributed by atoms with E-state index in [0.29, 0.717) is 0 Å². The summed E-state index contributed by atoms with van der Waals surface area (Å²) in [7, 11) is 0. The van der Waals surface area contributed by atoms with Crippen molar-refractivity contribution in [3.63, 3.8) is 0 Å². The van der Waals surface area contributed by atoms with Crippen LogP contribution in [0.3, 0.4) is 0 Å². The van der Waals surface area contributed by atoms with Crippen LogP contribution in [0.5, 0.6) is 0 Å². The van der Waals surface area contributed by atoms with Gasteiger partial charge in [0.05, 0.1) is 0 Å². The van der Waals surface area contributed by atoms with Crippen LogP contribution in [0.4, 0.5) is 0 Å². The topological polar surface area (TPSA) is 0 Å². The van der Waals surface area contributed by atoms with Gasteiger partial charge in [-0.25, -0.2) is 0 Å². The van der Waals surface area contributed by atoms with Crippen LogP contribution >= 0.6 is 22.7 Å². The second-order valence-electron chi connectivity index (χ2n) is 14.4. The summed E-state index contributed by atoms with van der Waals surface area (Å²) in [6.45, 7) is 0. The molecule has 0 radical (unpaired) electrons. The molecule has 0 aliphatic carbocycles. The predicted octanol–water partition coefficient (Wildman–Crippen LogP) is 16.0. The summed E-state index contributed by atoms with van der Waals surface area (Å²) in [5.74, 6) is 0. The van der Waals surface area contributed by atoms with Crippen LogP contribution < -0.4 is 0 Å². The van der Waals surface area contributed by atoms with E-state index in [1.165, 1.54) is 117 Å². The van der Waals surface area contributed by atoms with E-state index in [1.807, 2.05) is 22.7 Å². The molecule has 0 saturated carbocycles. The first kappa shape index (κ1) is 30.2. The van der Waals surface area contributed by atoms with E-state index >= 15 is 0 Å². The van der Waals surface area contributed by atoms with E-state index in [2.05, 4.69) is 182 Å². The number of fused-ring (bicyclic) bond motifs is 6. The van der Waals surface area contributed by atoms with Crippen LogP contribution in [0.25, 0.3) is 117 Å². The molecule has 0 N–H and O–H groups in total. The summed E-state index contributed by atoms with van der Waals surface area (Å²) in [5, 5.41) is 13.2. The molecule has 10 aromatic carbocycles. The van der Waals surface area contributed by atoms with Crippen molar-refractivity contribution < 1.29 is 0 Å². The second kappa shape index (κ2) is 11.6. The van der Waals surface area contributed by atoms with Gasteiger partial charge in [-0.1, -0.05) is 133 Å². The van der Waals surface area contributed by atoms with Crippen molar-refractivity contribution in [3.05, 3.63) is 182 Å². The molecule has 0 atom stereocenters. The lowest BCUT2D eigenvalue weighted by Crippen LogP contribution is -1.89. The summed E-state index contributed by atoms with van der Waals surface area (Å²) in [6, 6.07) is 68.0. The maximum absolute atomic E-state index is 2.42. The molecular formula is C52H30S2. The molecule has 250 valence electrons. The summed E-state index contributed by atoms with van der Waals surface area (Å²) in [5.41, 5.74) is 10.1. The summed E-state index contributed by atoms with van der Waals surface area (Å²) < 4.78 is 5.31. The van der Waals surface area contributed by atoms with Crippen molar-refractivity contribution in [2.24, 2.45) is 0 Å². The van der Waals surface area contributed by atoms with Crippen molar-refractivity contribution in [3.8, 4) is 44.5 Å². The minimum Gasteiger partial charge on any atom is -0.135 e. The summed E-state index contributed by atoms with van der Waals surface area (Å²) in [4.78, 5) is 0. The van der Waals surface area contributed by atoms with Gasteiger partial charge >= 0.3 is 0 Å². The Balaban J connectivity index is 1.02. The van der Waals surface area contributed by atoms with E-state index in [1.54, 1.807) is 0 Å². The molecule has 2 aromatic heterocycles. The van der Waals surface area contributed by atoms with E-state index in [9.17, 15) is 0 Å². The third-order valence-electron chi connectivity index (χ3n) is 11.4. The summed E-state index contributed by atoms with van der Waals surface area (Å²) in [6.07, 6.45) is 0. The van der Waals surface area contributed by atoms with Crippen LogP contribution in [0.2, 0.25) is 0 Å². The van der Waals surface area contributed by atoms with Crippen molar-refractivity contribution in [1.82, 2.24) is 0 Å². The fourth-order valence-electron chi connectivity index (χ4n) is 8.81. The number of hydrogen-bond acceptors (Lipinski definition) is 2. The van der Waals surface area contributed by atoms with Gasteiger partial charge in [-0.3, -0.25) is 0 Å². The number of rotatable bonds is 4. The Morgan fingerprint density at radius 3 is 1.00 bits per heavy atom. The highest BCUT2D eigenvalue weighted by Gasteiger charge is 2.17. The fourth-order valence-corrected chi connectivity index (χ4v) is 10.9. The van der Waals surface area contributed by atoms with Gasteiger partial charge in [-0.05, 0) is 125 Å². The van der Waals surface area contributed by atoms with Crippen LogP contribution in [0.1, 0.15) is 0 Å². The Labute approximate surface area is 320 Å². The quantitative estimate of drug-likeness (QED) is 0.159. The average molecular weight is 719 g/mol. The van der Waals surface area contributed by atoms with Crippen LogP contribution in [0.15, 0.2) is 182 Å². The van der Waals surface area contributed by atoms with Gasteiger partial charge in [0.15, 0.2) is 0 Å². The Hall–Kier alpha value is -6.32. The van der Waals surface area contributed by atoms with Crippen molar-refractivity contribution in [2.75, 3.05) is 0 Å². The standard InChI is InChI=1S/C52H30S2/c1-3-7-31(8-4-1)35-15-23-47-43(27-35)45-29-37(17-25-49(45)53-47)39-19-11-33-14-22-42-40(20-12-34-13-21-41(39)51(33)52(34)42)38-18-26-50-46(30-38)44-28-36(16-24-48(44)54-50)32-9-5-2-6-10-32/h1-30H. The molecule has 0 amide bonds. The maximum Gasteiger partial charge on any atom is 0.0355 e. The Morgan fingerprint density at radius 1 is 0.241 bits per heavy atom. The van der Waals surface area contributed by atoms with Crippen molar-refractivity contribution >= 4 is 95.3 Å². The highest BCUT2D eigenvalue weighted by molar-refractivity contribution is 7.26. The van der Waals surface area contributed by atoms with Gasteiger partial charge in [0.25, 0.3) is 0 Å². The molecule has 12 rings (SSSR count). The van der Waals surface area contributed by atoms with Gasteiger partial charge < -0.3 is 0 Å². The molecule has 0 spiro atoms. The lowest BCUT2D eigenvalue weighted by molar-refractivity contribution is 1.66. The van der Waals surface area contributed by atoms with Gasteiger partial charge in [-0.2, -0.15) is 0 Å². The van der Waals surface area contributed by atoms with Gasteiger partial charge in [0.2, 0.25) is 0 Å². The second-order valence-corrected chi connectivity index (χ2v) is 16.6. The Morgan fingerprint density at radius 2 is 0.593 bits per heavy atom. The molecule has 12 aromatic rings. The molecule has 2 heteroatoms. The molecule has 0 unspecified atom stereocenters. The molecule has 54 heavy (non-hydrogen) atoms. The molecule has 0 nitrogen and oxygen atoms in total. The Kier molecular flexibility index (Phi) is 6.48. The SMILES string of the molecule is c1ccc(-c2ccc3sc4ccc(-c5ccc6ccc7c(-c8ccc9sc%10ccc(-c%11ccccc%11)cc%10c9c8)ccc8ccc5c6c87)cc4c3c2)cc1. The molecule has 2 heterocycles. The minimum absolute atomic E-state index is 1.25. The first-order valence-corrected chi connectivity index (χ1v) is 20.1. The molecular weight excluding hydrogens is 689 g/mol. The third kappa shape index (κ3) is 4.54. The van der Waals surface area contributed by atoms with E-state index in [4.69, 9.17) is 0 Å². The highest BCUT2D eigenvalue weighted by atomic mass is 32.1. The Bertz CT molecular complexity index is 3190. The largest absolute Gasteiger partial charge is 0.135 e. The van der Waals surface area contributed by atoms with E-state index < -0.39 is 0 Å². The molecule has 0 fully saturated rings. The van der Waals surface area contributed by atoms with Crippen LogP contribution in [-0.4, -0.2) is 0 Å². The highest BCUT2D eigenvalue weighted by Crippen LogP contribution is 2.45. The van der Waals surface area contributed by atoms with Gasteiger partial charge in [0, 0.05) is 40.3 Å². The normalized spacial score (nSPS) is 12.1. The smallest absolute Gasteiger partial charge is 0.0355 e. The zero-order valence-electron chi connectivity index (χ0n) is 29.1. The minimum atomic E-state index is 1.25. The summed E-state index contributed by atoms with van der Waals surface area (Å²) >= 11 is 3.76. The zero-order valence-corrected chi connectivity index (χ0v) is 30.8. The molecule has 0 bridgehead atoms. The number of benzene rings is 10. The fraction of sp³-hybridized carbons (Fsp3) is 0. The first-order valence-electron chi connectivity index (χ1n) is 18.5. The molecule has 0 aliphatic rings. The third-order valence-corrected chi connectivity index (χ3v) is 13.7. The van der Waals surface area contributed by atoms with Gasteiger partial charge in [-0.15, -0.1) is 22.7 Å². The lowest BCUT2D eigenvalue weighted by atomic mass is 9.87. The van der Waals surface area contributed by atoms with E-state index in [-0.39, 0.29) is 0 Å². The average Bonchev–Trinajstić information content (AvgIpc) is 3.80. The lowest BCUT2D eigenvalue weighted by Gasteiger charge is -2.17.